The molecular weight excluding hydrogens is 344 g/mol. The van der Waals surface area contributed by atoms with Crippen LogP contribution in [0.5, 0.6) is 0 Å². The van der Waals surface area contributed by atoms with Gasteiger partial charge in [-0.05, 0) is 55.0 Å². The van der Waals surface area contributed by atoms with E-state index in [-0.39, 0.29) is 0 Å². The monoisotopic (exact) mass is 362 g/mol. The Hall–Kier alpha value is 0.170. The predicted octanol–water partition coefficient (Wildman–Crippen LogP) is 4.47. The van der Waals surface area contributed by atoms with Crippen LogP contribution in [0.2, 0.25) is 0 Å². The van der Waals surface area contributed by atoms with Gasteiger partial charge < -0.3 is 0 Å². The Morgan fingerprint density at radius 3 is 2.71 bits per heavy atom. The van der Waals surface area contributed by atoms with Crippen LogP contribution >= 0.6 is 31.9 Å². The molecule has 1 fully saturated rings. The molecule has 1 aromatic heterocycles. The topological polar surface area (TPSA) is 17.8 Å². The van der Waals surface area contributed by atoms with Crippen LogP contribution in [-0.2, 0) is 13.0 Å². The molecular formula is C13H20Br2N2. The third-order valence-corrected chi connectivity index (χ3v) is 5.96. The molecule has 2 rings (SSSR count). The Morgan fingerprint density at radius 1 is 1.35 bits per heavy atom. The van der Waals surface area contributed by atoms with Gasteiger partial charge in [-0.3, -0.25) is 4.68 Å². The van der Waals surface area contributed by atoms with Crippen molar-refractivity contribution in [2.24, 2.45) is 5.92 Å². The minimum Gasteiger partial charge on any atom is -0.268 e. The van der Waals surface area contributed by atoms with E-state index < -0.39 is 0 Å². The molecule has 0 saturated heterocycles. The fourth-order valence-electron chi connectivity index (χ4n) is 2.70. The normalized spacial score (nSPS) is 25.2. The van der Waals surface area contributed by atoms with Gasteiger partial charge in [0.15, 0.2) is 0 Å². The molecule has 17 heavy (non-hydrogen) atoms. The highest BCUT2D eigenvalue weighted by Crippen LogP contribution is 2.34. The van der Waals surface area contributed by atoms with E-state index in [1.165, 1.54) is 35.8 Å². The zero-order valence-electron chi connectivity index (χ0n) is 10.5. The average Bonchev–Trinajstić information content (AvgIpc) is 2.59. The lowest BCUT2D eigenvalue weighted by Crippen LogP contribution is -2.22. The molecule has 1 aromatic rings. The van der Waals surface area contributed by atoms with Gasteiger partial charge in [-0.1, -0.05) is 28.8 Å². The van der Waals surface area contributed by atoms with Gasteiger partial charge in [0.2, 0.25) is 0 Å². The highest BCUT2D eigenvalue weighted by molar-refractivity contribution is 9.10. The number of nitrogens with zero attached hydrogens (tertiary/aromatic N) is 2. The van der Waals surface area contributed by atoms with Gasteiger partial charge in [0.25, 0.3) is 0 Å². The number of aryl methyl sites for hydroxylation is 2. The maximum Gasteiger partial charge on any atom is 0.0738 e. The first-order chi connectivity index (χ1) is 8.13. The number of alkyl halides is 1. The molecule has 1 heterocycles. The fourth-order valence-corrected chi connectivity index (χ4v) is 3.93. The molecule has 0 bridgehead atoms. The minimum absolute atomic E-state index is 0.684. The maximum atomic E-state index is 4.57. The van der Waals surface area contributed by atoms with E-state index in [1.807, 2.05) is 0 Å². The third kappa shape index (κ3) is 2.95. The first-order valence-electron chi connectivity index (χ1n) is 6.49. The number of hydrogen-bond donors (Lipinski definition) is 0. The fraction of sp³-hybridized carbons (Fsp3) is 0.769. The lowest BCUT2D eigenvalue weighted by atomic mass is 9.86. The van der Waals surface area contributed by atoms with Gasteiger partial charge in [0, 0.05) is 11.4 Å². The average molecular weight is 364 g/mol. The third-order valence-electron chi connectivity index (χ3n) is 3.72. The molecule has 2 nitrogen and oxygen atoms in total. The molecule has 2 atom stereocenters. The summed E-state index contributed by atoms with van der Waals surface area (Å²) in [6.07, 6.45) is 6.56. The molecule has 1 saturated carbocycles. The van der Waals surface area contributed by atoms with Crippen LogP contribution in [0.25, 0.3) is 0 Å². The molecule has 96 valence electrons. The van der Waals surface area contributed by atoms with Crippen LogP contribution in [0.15, 0.2) is 4.47 Å². The minimum atomic E-state index is 0.684. The van der Waals surface area contributed by atoms with Crippen molar-refractivity contribution in [2.75, 3.05) is 0 Å². The van der Waals surface area contributed by atoms with Crippen molar-refractivity contribution in [3.05, 3.63) is 15.9 Å². The molecule has 0 aromatic carbocycles. The van der Waals surface area contributed by atoms with Gasteiger partial charge in [-0.25, -0.2) is 0 Å². The van der Waals surface area contributed by atoms with E-state index in [4.69, 9.17) is 0 Å². The lowest BCUT2D eigenvalue weighted by Gasteiger charge is -2.27. The van der Waals surface area contributed by atoms with Crippen LogP contribution in [0.3, 0.4) is 0 Å². The number of halogens is 2. The van der Waals surface area contributed by atoms with Crippen molar-refractivity contribution in [1.82, 2.24) is 9.78 Å². The van der Waals surface area contributed by atoms with E-state index in [1.54, 1.807) is 0 Å². The van der Waals surface area contributed by atoms with E-state index >= 15 is 0 Å². The molecule has 2 unspecified atom stereocenters. The predicted molar refractivity (Wildman–Crippen MR) is 78.7 cm³/mol. The van der Waals surface area contributed by atoms with Crippen LogP contribution in [0.1, 0.15) is 44.0 Å². The van der Waals surface area contributed by atoms with Gasteiger partial charge in [0.05, 0.1) is 15.9 Å². The molecule has 1 aliphatic rings. The molecule has 4 heteroatoms. The van der Waals surface area contributed by atoms with Crippen molar-refractivity contribution in [1.29, 1.82) is 0 Å². The van der Waals surface area contributed by atoms with Gasteiger partial charge in [-0.15, -0.1) is 0 Å². The van der Waals surface area contributed by atoms with E-state index in [9.17, 15) is 0 Å². The molecule has 1 aliphatic carbocycles. The Bertz CT molecular complexity index is 387. The molecule has 0 spiro atoms. The van der Waals surface area contributed by atoms with E-state index in [0.717, 1.165) is 24.6 Å². The zero-order valence-corrected chi connectivity index (χ0v) is 13.7. The largest absolute Gasteiger partial charge is 0.268 e. The van der Waals surface area contributed by atoms with E-state index in [0.29, 0.717) is 4.83 Å². The Balaban J connectivity index is 2.16. The first-order valence-corrected chi connectivity index (χ1v) is 8.20. The second kappa shape index (κ2) is 5.87. The van der Waals surface area contributed by atoms with Crippen molar-refractivity contribution >= 4 is 31.9 Å². The zero-order chi connectivity index (χ0) is 12.4. The highest BCUT2D eigenvalue weighted by Gasteiger charge is 2.25. The highest BCUT2D eigenvalue weighted by atomic mass is 79.9. The summed E-state index contributed by atoms with van der Waals surface area (Å²) in [5.41, 5.74) is 2.49. The Morgan fingerprint density at radius 2 is 2.06 bits per heavy atom. The van der Waals surface area contributed by atoms with Gasteiger partial charge in [0.1, 0.15) is 0 Å². The Kier molecular flexibility index (Phi) is 4.70. The molecule has 0 radical (unpaired) electrons. The Labute approximate surface area is 120 Å². The van der Waals surface area contributed by atoms with Crippen molar-refractivity contribution in [3.63, 3.8) is 0 Å². The number of rotatable bonds is 3. The van der Waals surface area contributed by atoms with Crippen LogP contribution in [0.4, 0.5) is 0 Å². The maximum absolute atomic E-state index is 4.57. The van der Waals surface area contributed by atoms with Crippen molar-refractivity contribution < 1.29 is 0 Å². The van der Waals surface area contributed by atoms with Crippen LogP contribution < -0.4 is 0 Å². The summed E-state index contributed by atoms with van der Waals surface area (Å²) in [6, 6.07) is 0. The summed E-state index contributed by atoms with van der Waals surface area (Å²) in [6.45, 7) is 5.20. The quantitative estimate of drug-likeness (QED) is 0.724. The van der Waals surface area contributed by atoms with Crippen LogP contribution in [-0.4, -0.2) is 14.6 Å². The van der Waals surface area contributed by atoms with Gasteiger partial charge >= 0.3 is 0 Å². The summed E-state index contributed by atoms with van der Waals surface area (Å²) < 4.78 is 3.36. The number of hydrogen-bond acceptors (Lipinski definition) is 1. The first kappa shape index (κ1) is 13.6. The standard InChI is InChI=1S/C13H20Br2N2/c1-3-17-12(13(15)9(2)16-17)8-10-6-4-5-7-11(10)14/h10-11H,3-8H2,1-2H3. The molecule has 0 amide bonds. The molecule has 0 aliphatic heterocycles. The summed E-state index contributed by atoms with van der Waals surface area (Å²) in [7, 11) is 0. The number of aromatic nitrogens is 2. The summed E-state index contributed by atoms with van der Waals surface area (Å²) >= 11 is 7.54. The smallest absolute Gasteiger partial charge is 0.0738 e. The summed E-state index contributed by atoms with van der Waals surface area (Å²) in [4.78, 5) is 0.684. The summed E-state index contributed by atoms with van der Waals surface area (Å²) in [5.74, 6) is 0.765. The van der Waals surface area contributed by atoms with E-state index in [2.05, 4.69) is 55.5 Å². The lowest BCUT2D eigenvalue weighted by molar-refractivity contribution is 0.364. The second-order valence-corrected chi connectivity index (χ2v) is 6.90. The van der Waals surface area contributed by atoms with Crippen molar-refractivity contribution in [2.45, 2.75) is 57.3 Å². The molecule has 0 N–H and O–H groups in total. The van der Waals surface area contributed by atoms with Gasteiger partial charge in [-0.2, -0.15) is 5.10 Å². The summed E-state index contributed by atoms with van der Waals surface area (Å²) in [5, 5.41) is 4.57. The van der Waals surface area contributed by atoms with Crippen LogP contribution in [0, 0.1) is 12.8 Å². The van der Waals surface area contributed by atoms with Crippen molar-refractivity contribution in [3.8, 4) is 0 Å². The second-order valence-electron chi connectivity index (χ2n) is 4.93. The SMILES string of the molecule is CCn1nc(C)c(Br)c1CC1CCCCC1Br.